The Hall–Kier alpha value is -2.30. The Balaban J connectivity index is 1.77. The number of thioether (sulfide) groups is 1. The predicted octanol–water partition coefficient (Wildman–Crippen LogP) is 3.49. The van der Waals surface area contributed by atoms with Crippen molar-refractivity contribution in [2.75, 3.05) is 44.8 Å². The third kappa shape index (κ3) is 5.15. The minimum Gasteiger partial charge on any atom is -0.497 e. The van der Waals surface area contributed by atoms with Crippen molar-refractivity contribution in [2.45, 2.75) is 47.1 Å². The number of benzene rings is 1. The maximum atomic E-state index is 14.5. The molecule has 1 aromatic carbocycles. The summed E-state index contributed by atoms with van der Waals surface area (Å²) in [4.78, 5) is 47.7. The lowest BCUT2D eigenvalue weighted by Gasteiger charge is -2.38. The van der Waals surface area contributed by atoms with Crippen LogP contribution >= 0.6 is 27.7 Å². The van der Waals surface area contributed by atoms with Crippen molar-refractivity contribution < 1.29 is 24.2 Å². The first-order chi connectivity index (χ1) is 18.8. The molecule has 212 valence electrons. The summed E-state index contributed by atoms with van der Waals surface area (Å²) in [6.45, 7) is 11.1. The van der Waals surface area contributed by atoms with Gasteiger partial charge in [0.1, 0.15) is 11.8 Å². The number of alkyl halides is 1. The molecule has 3 aliphatic rings. The van der Waals surface area contributed by atoms with E-state index in [1.165, 1.54) is 0 Å². The van der Waals surface area contributed by atoms with E-state index >= 15 is 0 Å². The first kappa shape index (κ1) is 29.7. The van der Waals surface area contributed by atoms with E-state index in [1.54, 1.807) is 57.9 Å². The molecule has 6 atom stereocenters. The first-order valence-electron chi connectivity index (χ1n) is 13.5. The molecular formula is C29H38BrN3O5S. The Morgan fingerprint density at radius 2 is 1.92 bits per heavy atom. The molecular weight excluding hydrogens is 582 g/mol. The highest BCUT2D eigenvalue weighted by atomic mass is 79.9. The number of rotatable bonds is 13. The Labute approximate surface area is 243 Å². The number of halogens is 1. The zero-order valence-electron chi connectivity index (χ0n) is 22.6. The highest BCUT2D eigenvalue weighted by Crippen LogP contribution is 2.68. The largest absolute Gasteiger partial charge is 0.497 e. The number of anilines is 1. The Morgan fingerprint density at radius 3 is 2.51 bits per heavy atom. The van der Waals surface area contributed by atoms with Gasteiger partial charge in [-0.15, -0.1) is 24.9 Å². The summed E-state index contributed by atoms with van der Waals surface area (Å²) in [5.41, 5.74) is 0.677. The van der Waals surface area contributed by atoms with E-state index in [-0.39, 0.29) is 47.5 Å². The molecule has 0 saturated carbocycles. The molecule has 3 heterocycles. The number of aliphatic hydroxyl groups excluding tert-OH is 1. The van der Waals surface area contributed by atoms with Gasteiger partial charge in [-0.25, -0.2) is 0 Å². The maximum Gasteiger partial charge on any atom is 0.251 e. The lowest BCUT2D eigenvalue weighted by molar-refractivity contribution is -0.143. The van der Waals surface area contributed by atoms with Gasteiger partial charge in [-0.2, -0.15) is 0 Å². The Morgan fingerprint density at radius 1 is 1.23 bits per heavy atom. The second kappa shape index (κ2) is 12.5. The molecule has 3 amide bonds. The quantitative estimate of drug-likeness (QED) is 0.269. The average molecular weight is 621 g/mol. The van der Waals surface area contributed by atoms with E-state index in [2.05, 4.69) is 29.1 Å². The Bertz CT molecular complexity index is 1100. The van der Waals surface area contributed by atoms with E-state index in [4.69, 9.17) is 4.74 Å². The lowest BCUT2D eigenvalue weighted by Crippen LogP contribution is -2.56. The molecule has 0 aromatic heterocycles. The number of methoxy groups -OCH3 is 1. The van der Waals surface area contributed by atoms with E-state index in [9.17, 15) is 19.5 Å². The van der Waals surface area contributed by atoms with Crippen molar-refractivity contribution in [3.05, 3.63) is 49.6 Å². The van der Waals surface area contributed by atoms with Crippen molar-refractivity contribution in [1.29, 1.82) is 0 Å². The molecule has 3 aliphatic heterocycles. The highest BCUT2D eigenvalue weighted by Gasteiger charge is 2.76. The third-order valence-electron chi connectivity index (χ3n) is 7.98. The summed E-state index contributed by atoms with van der Waals surface area (Å²) < 4.78 is 4.54. The number of hydrogen-bond acceptors (Lipinski definition) is 6. The third-order valence-corrected chi connectivity index (χ3v) is 11.2. The van der Waals surface area contributed by atoms with Gasteiger partial charge < -0.3 is 24.5 Å². The van der Waals surface area contributed by atoms with Gasteiger partial charge in [0, 0.05) is 48.6 Å². The second-order valence-electron chi connectivity index (χ2n) is 10.3. The van der Waals surface area contributed by atoms with Gasteiger partial charge in [0.2, 0.25) is 11.8 Å². The summed E-state index contributed by atoms with van der Waals surface area (Å²) in [6.07, 6.45) is 5.14. The normalized spacial score (nSPS) is 28.8. The molecule has 3 unspecified atom stereocenters. The van der Waals surface area contributed by atoms with Crippen LogP contribution in [0.2, 0.25) is 0 Å². The standard InChI is InChI=1S/C29H38BrN3O5S/c1-5-13-31(14-6-2)26(35)22-23-27(36)33(16-8-17-34)25(29(23)18-21(30)24(22)39-29)28(37)32(15-7-3)19-9-11-20(38-4)12-10-19/h5,7,9-12,21-25,34H,1,3,6,8,13-18H2,2,4H3/t21?,22-,23-,24-,25?,29?/m0/s1. The van der Waals surface area contributed by atoms with Crippen LogP contribution < -0.4 is 9.64 Å². The number of amides is 3. The summed E-state index contributed by atoms with van der Waals surface area (Å²) in [5, 5.41) is 9.51. The molecule has 10 heteroatoms. The summed E-state index contributed by atoms with van der Waals surface area (Å²) >= 11 is 5.45. The number of carbonyl (C=O) groups is 3. The van der Waals surface area contributed by atoms with Crippen molar-refractivity contribution in [3.63, 3.8) is 0 Å². The fourth-order valence-corrected chi connectivity index (χ4v) is 10.1. The molecule has 2 bridgehead atoms. The topological polar surface area (TPSA) is 90.4 Å². The summed E-state index contributed by atoms with van der Waals surface area (Å²) in [5.74, 6) is -0.882. The minimum atomic E-state index is -0.768. The number of fused-ring (bicyclic) bond motifs is 1. The van der Waals surface area contributed by atoms with Crippen LogP contribution in [0.3, 0.4) is 0 Å². The first-order valence-corrected chi connectivity index (χ1v) is 15.3. The van der Waals surface area contributed by atoms with Crippen LogP contribution in [0.1, 0.15) is 26.2 Å². The molecule has 0 radical (unpaired) electrons. The summed E-state index contributed by atoms with van der Waals surface area (Å²) in [7, 11) is 1.59. The van der Waals surface area contributed by atoms with Gasteiger partial charge in [0.25, 0.3) is 5.91 Å². The molecule has 4 rings (SSSR count). The molecule has 3 fully saturated rings. The molecule has 1 spiro atoms. The molecule has 8 nitrogen and oxygen atoms in total. The molecule has 1 aromatic rings. The number of hydrogen-bond donors (Lipinski definition) is 1. The zero-order valence-corrected chi connectivity index (χ0v) is 25.0. The van der Waals surface area contributed by atoms with Gasteiger partial charge in [0.15, 0.2) is 0 Å². The maximum absolute atomic E-state index is 14.5. The Kier molecular flexibility index (Phi) is 9.49. The van der Waals surface area contributed by atoms with Crippen LogP contribution in [-0.2, 0) is 14.4 Å². The predicted molar refractivity (Wildman–Crippen MR) is 158 cm³/mol. The van der Waals surface area contributed by atoms with Crippen LogP contribution in [0.15, 0.2) is 49.6 Å². The molecule has 1 N–H and O–H groups in total. The molecule has 39 heavy (non-hydrogen) atoms. The van der Waals surface area contributed by atoms with Crippen molar-refractivity contribution in [2.24, 2.45) is 11.8 Å². The van der Waals surface area contributed by atoms with E-state index in [0.29, 0.717) is 37.4 Å². The van der Waals surface area contributed by atoms with Gasteiger partial charge in [0.05, 0.1) is 23.7 Å². The fraction of sp³-hybridized carbons (Fsp3) is 0.552. The van der Waals surface area contributed by atoms with Crippen LogP contribution in [0.5, 0.6) is 5.75 Å². The summed E-state index contributed by atoms with van der Waals surface area (Å²) in [6, 6.07) is 6.46. The van der Waals surface area contributed by atoms with E-state index in [0.717, 1.165) is 6.42 Å². The monoisotopic (exact) mass is 619 g/mol. The second-order valence-corrected chi connectivity index (χ2v) is 13.0. The van der Waals surface area contributed by atoms with Crippen LogP contribution in [-0.4, -0.2) is 93.4 Å². The van der Waals surface area contributed by atoms with E-state index in [1.807, 2.05) is 19.1 Å². The van der Waals surface area contributed by atoms with Gasteiger partial charge in [-0.1, -0.05) is 35.0 Å². The zero-order chi connectivity index (χ0) is 28.3. The van der Waals surface area contributed by atoms with Crippen molar-refractivity contribution in [1.82, 2.24) is 9.80 Å². The SMILES string of the molecule is C=CCN(CCC)C(=O)[C@H]1[C@H]2C(=O)N(CCCO)C(C(=O)N(CC=C)c3ccc(OC)cc3)C23CC(Br)[C@@H]1S3. The fourth-order valence-electron chi connectivity index (χ4n) is 6.46. The van der Waals surface area contributed by atoms with Gasteiger partial charge in [-0.3, -0.25) is 14.4 Å². The number of likely N-dealkylation sites (tertiary alicyclic amines) is 1. The lowest BCUT2D eigenvalue weighted by atomic mass is 9.70. The van der Waals surface area contributed by atoms with Gasteiger partial charge in [-0.05, 0) is 43.5 Å². The highest BCUT2D eigenvalue weighted by molar-refractivity contribution is 9.09. The van der Waals surface area contributed by atoms with E-state index < -0.39 is 22.6 Å². The van der Waals surface area contributed by atoms with Gasteiger partial charge >= 0.3 is 0 Å². The van der Waals surface area contributed by atoms with Crippen molar-refractivity contribution in [3.8, 4) is 5.75 Å². The average Bonchev–Trinajstić information content (AvgIpc) is 3.53. The number of carbonyl (C=O) groups excluding carboxylic acids is 3. The molecule has 3 saturated heterocycles. The van der Waals surface area contributed by atoms with Crippen LogP contribution in [0, 0.1) is 11.8 Å². The van der Waals surface area contributed by atoms with Crippen LogP contribution in [0.4, 0.5) is 5.69 Å². The van der Waals surface area contributed by atoms with Crippen LogP contribution in [0.25, 0.3) is 0 Å². The number of aliphatic hydroxyl groups is 1. The smallest absolute Gasteiger partial charge is 0.251 e. The molecule has 0 aliphatic carbocycles. The number of ether oxygens (including phenoxy) is 1. The minimum absolute atomic E-state index is 0.00496. The number of nitrogens with zero attached hydrogens (tertiary/aromatic N) is 3. The van der Waals surface area contributed by atoms with Crippen molar-refractivity contribution >= 4 is 51.1 Å².